The average molecular weight is 357 g/mol. The lowest BCUT2D eigenvalue weighted by atomic mass is 10.3. The van der Waals surface area contributed by atoms with Gasteiger partial charge in [0, 0.05) is 19.6 Å². The van der Waals surface area contributed by atoms with Gasteiger partial charge in [-0.1, -0.05) is 11.6 Å². The van der Waals surface area contributed by atoms with Gasteiger partial charge in [-0.2, -0.15) is 8.78 Å². The lowest BCUT2D eigenvalue weighted by Crippen LogP contribution is -2.45. The van der Waals surface area contributed by atoms with Crippen LogP contribution >= 0.6 is 11.6 Å². The summed E-state index contributed by atoms with van der Waals surface area (Å²) in [4.78, 5) is -0.136. The zero-order valence-corrected chi connectivity index (χ0v) is 13.0. The molecule has 2 N–H and O–H groups in total. The average Bonchev–Trinajstić information content (AvgIpc) is 2.48. The van der Waals surface area contributed by atoms with Crippen LogP contribution < -0.4 is 14.8 Å². The van der Waals surface area contributed by atoms with Gasteiger partial charge >= 0.3 is 6.61 Å². The smallest absolute Gasteiger partial charge is 0.387 e. The third-order valence-electron chi connectivity index (χ3n) is 2.94. The Morgan fingerprint density at radius 2 is 2.27 bits per heavy atom. The highest BCUT2D eigenvalue weighted by atomic mass is 35.5. The number of rotatable bonds is 6. The van der Waals surface area contributed by atoms with Gasteiger partial charge in [-0.05, 0) is 18.2 Å². The summed E-state index contributed by atoms with van der Waals surface area (Å²) >= 11 is 5.74. The van der Waals surface area contributed by atoms with Crippen molar-refractivity contribution in [2.45, 2.75) is 17.6 Å². The Hall–Kier alpha value is -1.00. The molecule has 0 aromatic heterocycles. The second-order valence-electron chi connectivity index (χ2n) is 4.52. The predicted octanol–water partition coefficient (Wildman–Crippen LogP) is 1.21. The molecule has 0 aliphatic carbocycles. The minimum atomic E-state index is -3.81. The van der Waals surface area contributed by atoms with Crippen molar-refractivity contribution < 1.29 is 26.7 Å². The van der Waals surface area contributed by atoms with Gasteiger partial charge in [-0.3, -0.25) is 0 Å². The third-order valence-corrected chi connectivity index (χ3v) is 4.65. The Morgan fingerprint density at radius 1 is 1.50 bits per heavy atom. The van der Waals surface area contributed by atoms with Crippen LogP contribution in [0.2, 0.25) is 5.02 Å². The highest BCUT2D eigenvalue weighted by Gasteiger charge is 2.20. The lowest BCUT2D eigenvalue weighted by Gasteiger charge is -2.23. The van der Waals surface area contributed by atoms with Crippen molar-refractivity contribution in [2.24, 2.45) is 0 Å². The Balaban J connectivity index is 2.03. The molecule has 1 aliphatic heterocycles. The largest absolute Gasteiger partial charge is 0.433 e. The van der Waals surface area contributed by atoms with E-state index in [1.165, 1.54) is 0 Å². The summed E-state index contributed by atoms with van der Waals surface area (Å²) in [5, 5.41) is 2.87. The zero-order chi connectivity index (χ0) is 16.2. The van der Waals surface area contributed by atoms with Gasteiger partial charge in [0.15, 0.2) is 0 Å². The van der Waals surface area contributed by atoms with Crippen LogP contribution in [0, 0.1) is 0 Å². The van der Waals surface area contributed by atoms with Gasteiger partial charge in [0.25, 0.3) is 0 Å². The summed E-state index contributed by atoms with van der Waals surface area (Å²) in [6.45, 7) is -1.15. The van der Waals surface area contributed by atoms with Crippen molar-refractivity contribution in [1.82, 2.24) is 10.0 Å². The molecular formula is C12H15ClF2N2O4S. The second-order valence-corrected chi connectivity index (χ2v) is 6.69. The summed E-state index contributed by atoms with van der Waals surface area (Å²) in [7, 11) is -3.81. The lowest BCUT2D eigenvalue weighted by molar-refractivity contribution is -0.0498. The molecule has 10 heteroatoms. The maximum Gasteiger partial charge on any atom is 0.387 e. The minimum Gasteiger partial charge on any atom is -0.433 e. The number of ether oxygens (including phenoxy) is 2. The first-order valence-corrected chi connectivity index (χ1v) is 8.31. The first-order valence-electron chi connectivity index (χ1n) is 6.45. The van der Waals surface area contributed by atoms with E-state index in [2.05, 4.69) is 14.8 Å². The summed E-state index contributed by atoms with van der Waals surface area (Å²) < 4.78 is 60.4. The van der Waals surface area contributed by atoms with Gasteiger partial charge in [0.1, 0.15) is 5.75 Å². The van der Waals surface area contributed by atoms with Crippen molar-refractivity contribution in [3.05, 3.63) is 23.2 Å². The van der Waals surface area contributed by atoms with Crippen molar-refractivity contribution in [3.63, 3.8) is 0 Å². The molecule has 0 spiro atoms. The number of halogens is 3. The molecule has 1 saturated heterocycles. The molecule has 1 atom stereocenters. The molecule has 1 aromatic rings. The van der Waals surface area contributed by atoms with E-state index in [1.54, 1.807) is 0 Å². The molecule has 0 radical (unpaired) electrons. The quantitative estimate of drug-likeness (QED) is 0.801. The number of benzene rings is 1. The van der Waals surface area contributed by atoms with Crippen LogP contribution in [0.15, 0.2) is 23.1 Å². The van der Waals surface area contributed by atoms with Crippen molar-refractivity contribution in [3.8, 4) is 5.75 Å². The topological polar surface area (TPSA) is 76.7 Å². The van der Waals surface area contributed by atoms with E-state index in [1.807, 2.05) is 0 Å². The van der Waals surface area contributed by atoms with E-state index in [0.717, 1.165) is 24.7 Å². The van der Waals surface area contributed by atoms with Gasteiger partial charge in [0.05, 0.1) is 22.6 Å². The van der Waals surface area contributed by atoms with Gasteiger partial charge in [0.2, 0.25) is 10.0 Å². The molecule has 1 unspecified atom stereocenters. The van der Waals surface area contributed by atoms with Crippen LogP contribution in [0.5, 0.6) is 5.75 Å². The maximum absolute atomic E-state index is 12.1. The fourth-order valence-electron chi connectivity index (χ4n) is 1.88. The fourth-order valence-corrected chi connectivity index (χ4v) is 3.26. The Bertz CT molecular complexity index is 609. The monoisotopic (exact) mass is 356 g/mol. The van der Waals surface area contributed by atoms with Crippen molar-refractivity contribution in [1.29, 1.82) is 0 Å². The highest BCUT2D eigenvalue weighted by Crippen LogP contribution is 2.28. The molecule has 0 amide bonds. The standard InChI is InChI=1S/C12H15ClF2N2O4S/c13-10-5-9(1-2-11(10)21-12(14)15)22(18,19)17-7-8-6-16-3-4-20-8/h1-2,5,8,12,16-17H,3-4,6-7H2. The number of hydrogen-bond acceptors (Lipinski definition) is 5. The van der Waals surface area contributed by atoms with E-state index in [-0.39, 0.29) is 28.3 Å². The van der Waals surface area contributed by atoms with Gasteiger partial charge in [-0.25, -0.2) is 13.1 Å². The van der Waals surface area contributed by atoms with Crippen molar-refractivity contribution in [2.75, 3.05) is 26.2 Å². The SMILES string of the molecule is O=S(=O)(NCC1CNCCO1)c1ccc(OC(F)F)c(Cl)c1. The van der Waals surface area contributed by atoms with Crippen LogP contribution in [-0.4, -0.2) is 47.4 Å². The van der Waals surface area contributed by atoms with Crippen LogP contribution in [0.3, 0.4) is 0 Å². The molecule has 0 bridgehead atoms. The summed E-state index contributed by atoms with van der Waals surface area (Å²) in [6, 6.07) is 3.29. The normalized spacial score (nSPS) is 19.4. The summed E-state index contributed by atoms with van der Waals surface area (Å²) in [5.41, 5.74) is 0. The van der Waals surface area contributed by atoms with Gasteiger partial charge < -0.3 is 14.8 Å². The van der Waals surface area contributed by atoms with Crippen LogP contribution in [0.4, 0.5) is 8.78 Å². The van der Waals surface area contributed by atoms with E-state index in [9.17, 15) is 17.2 Å². The third kappa shape index (κ3) is 4.75. The minimum absolute atomic E-state index is 0.0994. The molecular weight excluding hydrogens is 342 g/mol. The van der Waals surface area contributed by atoms with Gasteiger partial charge in [-0.15, -0.1) is 0 Å². The molecule has 22 heavy (non-hydrogen) atoms. The summed E-state index contributed by atoms with van der Waals surface area (Å²) in [6.07, 6.45) is -0.263. The summed E-state index contributed by atoms with van der Waals surface area (Å²) in [5.74, 6) is -0.282. The first kappa shape index (κ1) is 17.4. The van der Waals surface area contributed by atoms with E-state index in [4.69, 9.17) is 16.3 Å². The van der Waals surface area contributed by atoms with Crippen LogP contribution in [0.1, 0.15) is 0 Å². The second kappa shape index (κ2) is 7.51. The van der Waals surface area contributed by atoms with Crippen molar-refractivity contribution >= 4 is 21.6 Å². The number of alkyl halides is 2. The van der Waals surface area contributed by atoms with E-state index >= 15 is 0 Å². The van der Waals surface area contributed by atoms with Crippen LogP contribution in [-0.2, 0) is 14.8 Å². The van der Waals surface area contributed by atoms with Crippen LogP contribution in [0.25, 0.3) is 0 Å². The highest BCUT2D eigenvalue weighted by molar-refractivity contribution is 7.89. The molecule has 1 heterocycles. The molecule has 6 nitrogen and oxygen atoms in total. The predicted molar refractivity (Wildman–Crippen MR) is 75.9 cm³/mol. The molecule has 1 fully saturated rings. The number of sulfonamides is 1. The molecule has 1 aromatic carbocycles. The Kier molecular flexibility index (Phi) is 5.93. The Labute approximate surface area is 131 Å². The zero-order valence-electron chi connectivity index (χ0n) is 11.4. The molecule has 0 saturated carbocycles. The molecule has 124 valence electrons. The van der Waals surface area contributed by atoms with E-state index in [0.29, 0.717) is 13.2 Å². The number of nitrogens with one attached hydrogen (secondary N) is 2. The maximum atomic E-state index is 12.1. The number of morpholine rings is 1. The Morgan fingerprint density at radius 3 is 2.86 bits per heavy atom. The van der Waals surface area contributed by atoms with E-state index < -0.39 is 16.6 Å². The molecule has 1 aliphatic rings. The number of hydrogen-bond donors (Lipinski definition) is 2. The fraction of sp³-hybridized carbons (Fsp3) is 0.500. The first-order chi connectivity index (χ1) is 10.4. The molecule has 2 rings (SSSR count).